The average molecular weight is 495 g/mol. The minimum atomic E-state index is -1.43. The quantitative estimate of drug-likeness (QED) is 0.138. The first kappa shape index (κ1) is 30.0. The van der Waals surface area contributed by atoms with Crippen molar-refractivity contribution in [3.05, 3.63) is 0 Å². The Morgan fingerprint density at radius 1 is 0.938 bits per heavy atom. The van der Waals surface area contributed by atoms with Gasteiger partial charge in [-0.25, -0.2) is 4.79 Å². The van der Waals surface area contributed by atoms with Crippen molar-refractivity contribution in [3.63, 3.8) is 0 Å². The number of thioether (sulfide) groups is 1. The molecule has 5 unspecified atom stereocenters. The van der Waals surface area contributed by atoms with Gasteiger partial charge in [-0.2, -0.15) is 24.4 Å². The molecular formula is C19H34N4O7S2. The fourth-order valence-electron chi connectivity index (χ4n) is 2.55. The zero-order chi connectivity index (χ0) is 24.8. The second kappa shape index (κ2) is 15.8. The third kappa shape index (κ3) is 11.0. The van der Waals surface area contributed by atoms with Crippen LogP contribution in [0.15, 0.2) is 0 Å². The van der Waals surface area contributed by atoms with Gasteiger partial charge in [0.15, 0.2) is 0 Å². The summed E-state index contributed by atoms with van der Waals surface area (Å²) < 4.78 is 0. The van der Waals surface area contributed by atoms with Crippen LogP contribution >= 0.6 is 24.4 Å². The van der Waals surface area contributed by atoms with Gasteiger partial charge in [-0.1, -0.05) is 20.3 Å². The molecule has 3 amide bonds. The highest BCUT2D eigenvalue weighted by Crippen LogP contribution is 2.08. The third-order valence-corrected chi connectivity index (χ3v) is 5.89. The van der Waals surface area contributed by atoms with E-state index in [0.29, 0.717) is 18.6 Å². The van der Waals surface area contributed by atoms with Crippen LogP contribution in [0.25, 0.3) is 0 Å². The number of amides is 3. The predicted octanol–water partition coefficient (Wildman–Crippen LogP) is -0.553. The SMILES string of the molecule is CCC(C)C(N)C(=O)NC(CCSC)C(=O)NC(CS)C(=O)NC(CCC(=O)O)C(=O)O. The third-order valence-electron chi connectivity index (χ3n) is 4.88. The molecule has 0 rings (SSSR count). The normalized spacial score (nSPS) is 15.5. The van der Waals surface area contributed by atoms with Gasteiger partial charge in [0.2, 0.25) is 17.7 Å². The van der Waals surface area contributed by atoms with Crippen LogP contribution in [-0.2, 0) is 24.0 Å². The summed E-state index contributed by atoms with van der Waals surface area (Å²) in [5.74, 6) is -4.20. The lowest BCUT2D eigenvalue weighted by molar-refractivity contribution is -0.143. The number of rotatable bonds is 16. The van der Waals surface area contributed by atoms with Gasteiger partial charge in [0.1, 0.15) is 18.1 Å². The second-order valence-electron chi connectivity index (χ2n) is 7.33. The lowest BCUT2D eigenvalue weighted by Gasteiger charge is -2.25. The van der Waals surface area contributed by atoms with E-state index in [1.165, 1.54) is 11.8 Å². The summed E-state index contributed by atoms with van der Waals surface area (Å²) in [6, 6.07) is -4.35. The van der Waals surface area contributed by atoms with Crippen LogP contribution in [0.4, 0.5) is 0 Å². The van der Waals surface area contributed by atoms with Crippen molar-refractivity contribution >= 4 is 54.1 Å². The summed E-state index contributed by atoms with van der Waals surface area (Å²) in [5, 5.41) is 25.2. The Hall–Kier alpha value is -1.99. The van der Waals surface area contributed by atoms with E-state index in [1.807, 2.05) is 20.1 Å². The van der Waals surface area contributed by atoms with Gasteiger partial charge >= 0.3 is 11.9 Å². The van der Waals surface area contributed by atoms with E-state index in [1.54, 1.807) is 0 Å². The molecule has 0 heterocycles. The van der Waals surface area contributed by atoms with E-state index in [2.05, 4.69) is 28.6 Å². The monoisotopic (exact) mass is 494 g/mol. The molecule has 184 valence electrons. The number of aliphatic carboxylic acids is 2. The van der Waals surface area contributed by atoms with Crippen LogP contribution in [0.3, 0.4) is 0 Å². The molecule has 0 fully saturated rings. The van der Waals surface area contributed by atoms with E-state index in [4.69, 9.17) is 10.8 Å². The van der Waals surface area contributed by atoms with Gasteiger partial charge in [0.25, 0.3) is 0 Å². The number of carboxylic acids is 2. The van der Waals surface area contributed by atoms with Gasteiger partial charge in [-0.05, 0) is 30.8 Å². The largest absolute Gasteiger partial charge is 0.481 e. The van der Waals surface area contributed by atoms with Gasteiger partial charge in [0.05, 0.1) is 6.04 Å². The molecule has 0 spiro atoms. The summed E-state index contributed by atoms with van der Waals surface area (Å²) >= 11 is 5.51. The molecule has 0 aliphatic carbocycles. The molecule has 7 N–H and O–H groups in total. The number of nitrogens with one attached hydrogen (secondary N) is 3. The van der Waals surface area contributed by atoms with Crippen LogP contribution in [0.1, 0.15) is 39.5 Å². The predicted molar refractivity (Wildman–Crippen MR) is 125 cm³/mol. The lowest BCUT2D eigenvalue weighted by Crippen LogP contribution is -2.58. The Morgan fingerprint density at radius 2 is 1.47 bits per heavy atom. The van der Waals surface area contributed by atoms with Crippen LogP contribution in [0.2, 0.25) is 0 Å². The first-order chi connectivity index (χ1) is 15.0. The van der Waals surface area contributed by atoms with Crippen LogP contribution in [-0.4, -0.2) is 81.8 Å². The maximum atomic E-state index is 12.8. The molecule has 0 aliphatic rings. The number of nitrogens with two attached hydrogens (primary N) is 1. The molecule has 0 aromatic carbocycles. The number of hydrogen-bond donors (Lipinski definition) is 7. The molecule has 0 radical (unpaired) electrons. The molecule has 0 aromatic heterocycles. The Bertz CT molecular complexity index is 666. The van der Waals surface area contributed by atoms with Crippen molar-refractivity contribution in [2.45, 2.75) is 63.7 Å². The van der Waals surface area contributed by atoms with E-state index in [9.17, 15) is 29.1 Å². The Morgan fingerprint density at radius 3 is 1.94 bits per heavy atom. The Kier molecular flexibility index (Phi) is 14.8. The van der Waals surface area contributed by atoms with Crippen LogP contribution < -0.4 is 21.7 Å². The van der Waals surface area contributed by atoms with E-state index in [-0.39, 0.29) is 18.1 Å². The molecule has 0 saturated carbocycles. The maximum absolute atomic E-state index is 12.8. The number of hydrogen-bond acceptors (Lipinski definition) is 8. The number of thiol groups is 1. The van der Waals surface area contributed by atoms with Crippen LogP contribution in [0.5, 0.6) is 0 Å². The number of carboxylic acid groups (broad SMARTS) is 2. The van der Waals surface area contributed by atoms with E-state index in [0.717, 1.165) is 0 Å². The molecule has 32 heavy (non-hydrogen) atoms. The first-order valence-electron chi connectivity index (χ1n) is 10.2. The highest BCUT2D eigenvalue weighted by Gasteiger charge is 2.30. The molecular weight excluding hydrogens is 460 g/mol. The summed E-state index contributed by atoms with van der Waals surface area (Å²) in [6.45, 7) is 3.72. The van der Waals surface area contributed by atoms with Gasteiger partial charge < -0.3 is 31.9 Å². The molecule has 0 bridgehead atoms. The summed E-state index contributed by atoms with van der Waals surface area (Å²) in [4.78, 5) is 59.6. The molecule has 0 aliphatic heterocycles. The van der Waals surface area contributed by atoms with Crippen molar-refractivity contribution < 1.29 is 34.2 Å². The summed E-state index contributed by atoms with van der Waals surface area (Å²) in [7, 11) is 0. The molecule has 0 saturated heterocycles. The molecule has 0 aromatic rings. The number of carbonyl (C=O) groups is 5. The zero-order valence-corrected chi connectivity index (χ0v) is 20.2. The van der Waals surface area contributed by atoms with Crippen molar-refractivity contribution in [3.8, 4) is 0 Å². The van der Waals surface area contributed by atoms with Gasteiger partial charge in [-0.15, -0.1) is 0 Å². The highest BCUT2D eigenvalue weighted by molar-refractivity contribution is 7.98. The average Bonchev–Trinajstić information content (AvgIpc) is 2.75. The molecule has 11 nitrogen and oxygen atoms in total. The van der Waals surface area contributed by atoms with Crippen molar-refractivity contribution in [1.82, 2.24) is 16.0 Å². The van der Waals surface area contributed by atoms with Gasteiger partial charge in [-0.3, -0.25) is 19.2 Å². The summed E-state index contributed by atoms with van der Waals surface area (Å²) in [6.07, 6.45) is 2.06. The molecule has 5 atom stereocenters. The Balaban J connectivity index is 5.23. The van der Waals surface area contributed by atoms with Crippen molar-refractivity contribution in [2.24, 2.45) is 11.7 Å². The van der Waals surface area contributed by atoms with E-state index >= 15 is 0 Å². The topological polar surface area (TPSA) is 188 Å². The van der Waals surface area contributed by atoms with Crippen molar-refractivity contribution in [2.75, 3.05) is 17.8 Å². The summed E-state index contributed by atoms with van der Waals surface area (Å²) in [5.41, 5.74) is 5.93. The highest BCUT2D eigenvalue weighted by atomic mass is 32.2. The van der Waals surface area contributed by atoms with Gasteiger partial charge in [0, 0.05) is 12.2 Å². The standard InChI is InChI=1S/C19H34N4O7S2/c1-4-10(2)15(20)18(28)21-11(7-8-32-3)16(26)23-13(9-31)17(27)22-12(19(29)30)5-6-14(24)25/h10-13,15,31H,4-9,20H2,1-3H3,(H,21,28)(H,22,27)(H,23,26)(H,24,25)(H,29,30). The number of carbonyl (C=O) groups excluding carboxylic acids is 3. The first-order valence-corrected chi connectivity index (χ1v) is 12.2. The molecule has 13 heteroatoms. The van der Waals surface area contributed by atoms with Crippen molar-refractivity contribution in [1.29, 1.82) is 0 Å². The maximum Gasteiger partial charge on any atom is 0.326 e. The fourth-order valence-corrected chi connectivity index (χ4v) is 3.28. The fraction of sp³-hybridized carbons (Fsp3) is 0.737. The zero-order valence-electron chi connectivity index (χ0n) is 18.5. The van der Waals surface area contributed by atoms with Crippen LogP contribution in [0, 0.1) is 5.92 Å². The smallest absolute Gasteiger partial charge is 0.326 e. The Labute approximate surface area is 197 Å². The minimum absolute atomic E-state index is 0.0889. The lowest BCUT2D eigenvalue weighted by atomic mass is 9.99. The second-order valence-corrected chi connectivity index (χ2v) is 8.68. The van der Waals surface area contributed by atoms with E-state index < -0.39 is 60.2 Å². The minimum Gasteiger partial charge on any atom is -0.481 e.